The maximum Gasteiger partial charge on any atom is 0.407 e. The summed E-state index contributed by atoms with van der Waals surface area (Å²) in [6.45, 7) is 0.490. The van der Waals surface area contributed by atoms with Gasteiger partial charge in [-0.1, -0.05) is 0 Å². The van der Waals surface area contributed by atoms with Gasteiger partial charge in [0, 0.05) is 17.6 Å². The molecule has 0 atom stereocenters. The first-order valence-corrected chi connectivity index (χ1v) is 8.55. The minimum Gasteiger partial charge on any atom is -0.495 e. The van der Waals surface area contributed by atoms with Crippen molar-refractivity contribution in [2.75, 3.05) is 13.7 Å². The number of nitrogens with zero attached hydrogens (tertiary/aromatic N) is 2. The second kappa shape index (κ2) is 5.40. The molecule has 2 heterocycles. The number of hydrogen-bond acceptors (Lipinski definition) is 4. The first-order valence-electron chi connectivity index (χ1n) is 7.76. The Labute approximate surface area is 142 Å². The van der Waals surface area contributed by atoms with Crippen LogP contribution in [0.1, 0.15) is 31.7 Å². The summed E-state index contributed by atoms with van der Waals surface area (Å²) in [5, 5.41) is 8.78. The van der Waals surface area contributed by atoms with Crippen molar-refractivity contribution < 1.29 is 14.3 Å². The van der Waals surface area contributed by atoms with Crippen molar-refractivity contribution in [2.24, 2.45) is 0 Å². The molecule has 1 aromatic heterocycles. The quantitative estimate of drug-likeness (QED) is 0.868. The van der Waals surface area contributed by atoms with Crippen LogP contribution >= 0.6 is 15.9 Å². The first-order chi connectivity index (χ1) is 11.1. The highest BCUT2D eigenvalue weighted by molar-refractivity contribution is 9.10. The van der Waals surface area contributed by atoms with Gasteiger partial charge in [0.05, 0.1) is 28.7 Å². The molecule has 2 fully saturated rings. The molecule has 122 valence electrons. The molecule has 1 saturated carbocycles. The number of benzene rings is 1. The van der Waals surface area contributed by atoms with Crippen LogP contribution in [-0.2, 0) is 4.74 Å². The van der Waals surface area contributed by atoms with E-state index in [0.29, 0.717) is 12.6 Å². The van der Waals surface area contributed by atoms with Gasteiger partial charge in [-0.2, -0.15) is 5.10 Å². The van der Waals surface area contributed by atoms with Crippen LogP contribution in [0.5, 0.6) is 5.75 Å². The fraction of sp³-hybridized carbons (Fsp3) is 0.500. The largest absolute Gasteiger partial charge is 0.495 e. The molecule has 7 heteroatoms. The molecular formula is C16H18BrN3O3. The summed E-state index contributed by atoms with van der Waals surface area (Å²) in [6.07, 6.45) is 5.61. The number of rotatable bonds is 2. The fourth-order valence-electron chi connectivity index (χ4n) is 3.57. The minimum atomic E-state index is -0.287. The molecule has 1 spiro atoms. The Balaban J connectivity index is 1.55. The van der Waals surface area contributed by atoms with Crippen molar-refractivity contribution in [3.63, 3.8) is 0 Å². The van der Waals surface area contributed by atoms with E-state index in [1.165, 1.54) is 0 Å². The van der Waals surface area contributed by atoms with Crippen molar-refractivity contribution in [2.45, 2.75) is 37.3 Å². The van der Waals surface area contributed by atoms with Gasteiger partial charge in [-0.3, -0.25) is 4.68 Å². The maximum absolute atomic E-state index is 11.3. The molecule has 1 aliphatic carbocycles. The van der Waals surface area contributed by atoms with Gasteiger partial charge in [-0.05, 0) is 47.7 Å². The van der Waals surface area contributed by atoms with Crippen LogP contribution in [0, 0.1) is 0 Å². The molecule has 1 aliphatic heterocycles. The van der Waals surface area contributed by atoms with Gasteiger partial charge in [0.1, 0.15) is 12.4 Å². The van der Waals surface area contributed by atoms with Crippen molar-refractivity contribution >= 4 is 32.9 Å². The molecule has 1 N–H and O–H groups in total. The molecule has 2 aromatic rings. The molecule has 1 aromatic carbocycles. The molecular weight excluding hydrogens is 362 g/mol. The number of hydrogen-bond donors (Lipinski definition) is 1. The Hall–Kier alpha value is -1.76. The second-order valence-electron chi connectivity index (χ2n) is 6.37. The number of cyclic esters (lactones) is 1. The average Bonchev–Trinajstić information content (AvgIpc) is 3.11. The summed E-state index contributed by atoms with van der Waals surface area (Å²) >= 11 is 3.51. The molecule has 0 unspecified atom stereocenters. The molecule has 2 aliphatic rings. The number of nitrogens with one attached hydrogen (secondary N) is 1. The van der Waals surface area contributed by atoms with Crippen molar-refractivity contribution in [3.8, 4) is 5.75 Å². The number of carbonyl (C=O) groups excluding carboxylic acids is 1. The summed E-state index contributed by atoms with van der Waals surface area (Å²) in [6, 6.07) is 4.34. The zero-order valence-electron chi connectivity index (χ0n) is 12.8. The lowest BCUT2D eigenvalue weighted by Gasteiger charge is -2.35. The molecule has 6 nitrogen and oxygen atoms in total. The number of methoxy groups -OCH3 is 1. The van der Waals surface area contributed by atoms with E-state index in [0.717, 1.165) is 46.8 Å². The summed E-state index contributed by atoms with van der Waals surface area (Å²) in [7, 11) is 1.65. The predicted molar refractivity (Wildman–Crippen MR) is 88.7 cm³/mol. The van der Waals surface area contributed by atoms with E-state index in [1.54, 1.807) is 7.11 Å². The lowest BCUT2D eigenvalue weighted by Crippen LogP contribution is -2.46. The molecule has 0 radical (unpaired) electrons. The number of aromatic nitrogens is 2. The highest BCUT2D eigenvalue weighted by Crippen LogP contribution is 2.38. The number of ether oxygens (including phenoxy) is 2. The third kappa shape index (κ3) is 2.56. The lowest BCUT2D eigenvalue weighted by molar-refractivity contribution is 0.155. The zero-order chi connectivity index (χ0) is 16.0. The zero-order valence-corrected chi connectivity index (χ0v) is 14.4. The highest BCUT2D eigenvalue weighted by atomic mass is 79.9. The van der Waals surface area contributed by atoms with E-state index in [-0.39, 0.29) is 11.6 Å². The number of alkyl carbamates (subject to hydrolysis) is 1. The Kier molecular flexibility index (Phi) is 3.48. The number of carbonyl (C=O) groups is 1. The van der Waals surface area contributed by atoms with E-state index >= 15 is 0 Å². The molecule has 1 saturated heterocycles. The van der Waals surface area contributed by atoms with E-state index in [1.807, 2.05) is 12.1 Å². The van der Waals surface area contributed by atoms with Gasteiger partial charge in [-0.15, -0.1) is 0 Å². The third-order valence-electron chi connectivity index (χ3n) is 4.93. The lowest BCUT2D eigenvalue weighted by atomic mass is 9.80. The van der Waals surface area contributed by atoms with Gasteiger partial charge in [0.2, 0.25) is 0 Å². The van der Waals surface area contributed by atoms with Crippen LogP contribution in [-0.4, -0.2) is 35.1 Å². The molecule has 1 amide bonds. The monoisotopic (exact) mass is 379 g/mol. The fourth-order valence-corrected chi connectivity index (χ4v) is 4.09. The molecule has 0 bridgehead atoms. The maximum atomic E-state index is 11.3. The smallest absolute Gasteiger partial charge is 0.407 e. The number of amides is 1. The van der Waals surface area contributed by atoms with Gasteiger partial charge in [0.15, 0.2) is 0 Å². The Morgan fingerprint density at radius 1 is 1.43 bits per heavy atom. The Bertz CT molecular complexity index is 765. The van der Waals surface area contributed by atoms with Gasteiger partial charge in [0.25, 0.3) is 0 Å². The van der Waals surface area contributed by atoms with E-state index < -0.39 is 0 Å². The summed E-state index contributed by atoms with van der Waals surface area (Å²) in [5.41, 5.74) is 0.773. The SMILES string of the molecule is COc1cc2nn([C@H]3CC[C@@]4(CC3)COC(=O)N4)cc2cc1Br. The minimum absolute atomic E-state index is 0.160. The predicted octanol–water partition coefficient (Wildman–Crippen LogP) is 3.40. The van der Waals surface area contributed by atoms with Gasteiger partial charge >= 0.3 is 6.09 Å². The van der Waals surface area contributed by atoms with Crippen LogP contribution in [0.25, 0.3) is 10.9 Å². The van der Waals surface area contributed by atoms with Gasteiger partial charge in [-0.25, -0.2) is 4.79 Å². The topological polar surface area (TPSA) is 65.4 Å². The third-order valence-corrected chi connectivity index (χ3v) is 5.55. The average molecular weight is 380 g/mol. The number of halogens is 1. The van der Waals surface area contributed by atoms with Crippen molar-refractivity contribution in [3.05, 3.63) is 22.8 Å². The van der Waals surface area contributed by atoms with E-state index in [2.05, 4.69) is 32.1 Å². The van der Waals surface area contributed by atoms with E-state index in [9.17, 15) is 4.79 Å². The highest BCUT2D eigenvalue weighted by Gasteiger charge is 2.42. The molecule has 4 rings (SSSR count). The number of fused-ring (bicyclic) bond motifs is 1. The Morgan fingerprint density at radius 2 is 2.22 bits per heavy atom. The summed E-state index contributed by atoms with van der Waals surface area (Å²) in [5.74, 6) is 0.788. The van der Waals surface area contributed by atoms with Gasteiger partial charge < -0.3 is 14.8 Å². The Morgan fingerprint density at radius 3 is 2.87 bits per heavy atom. The summed E-state index contributed by atoms with van der Waals surface area (Å²) < 4.78 is 13.4. The second-order valence-corrected chi connectivity index (χ2v) is 7.22. The van der Waals surface area contributed by atoms with Crippen LogP contribution in [0.2, 0.25) is 0 Å². The normalized spacial score (nSPS) is 27.2. The first kappa shape index (κ1) is 14.8. The summed E-state index contributed by atoms with van der Waals surface area (Å²) in [4.78, 5) is 11.3. The van der Waals surface area contributed by atoms with Crippen LogP contribution < -0.4 is 10.1 Å². The van der Waals surface area contributed by atoms with Crippen molar-refractivity contribution in [1.82, 2.24) is 15.1 Å². The standard InChI is InChI=1S/C16H18BrN3O3/c1-22-14-7-13-10(6-12(14)17)8-20(19-13)11-2-4-16(5-3-11)9-23-15(21)18-16/h6-8,11H,2-5,9H2,1H3,(H,18,21)/t11-,16+. The van der Waals surface area contributed by atoms with Crippen LogP contribution in [0.4, 0.5) is 4.79 Å². The van der Waals surface area contributed by atoms with Crippen molar-refractivity contribution in [1.29, 1.82) is 0 Å². The van der Waals surface area contributed by atoms with Crippen LogP contribution in [0.15, 0.2) is 22.8 Å². The molecule has 23 heavy (non-hydrogen) atoms. The van der Waals surface area contributed by atoms with E-state index in [4.69, 9.17) is 14.6 Å². The van der Waals surface area contributed by atoms with Crippen LogP contribution in [0.3, 0.4) is 0 Å².